The van der Waals surface area contributed by atoms with Gasteiger partial charge in [-0.05, 0) is 37.2 Å². The van der Waals surface area contributed by atoms with E-state index in [1.165, 1.54) is 96.3 Å². The van der Waals surface area contributed by atoms with Crippen molar-refractivity contribution in [1.82, 2.24) is 10.6 Å². The number of ether oxygens (including phenoxy) is 1. The average molecular weight is 505 g/mol. The second kappa shape index (κ2) is 22.8. The van der Waals surface area contributed by atoms with E-state index in [4.69, 9.17) is 17.0 Å². The first-order valence-corrected chi connectivity index (χ1v) is 14.9. The van der Waals surface area contributed by atoms with Crippen LogP contribution < -0.4 is 15.4 Å². The molecular weight excluding hydrogens is 452 g/mol. The monoisotopic (exact) mass is 504 g/mol. The topological polar surface area (TPSA) is 50.4 Å². The lowest BCUT2D eigenvalue weighted by molar-refractivity contribution is 0.0972. The van der Waals surface area contributed by atoms with E-state index in [1.54, 1.807) is 6.07 Å². The minimum Gasteiger partial charge on any atom is -0.493 e. The third-order valence-electron chi connectivity index (χ3n) is 6.43. The van der Waals surface area contributed by atoms with Crippen molar-refractivity contribution in [1.29, 1.82) is 0 Å². The first kappa shape index (κ1) is 31.4. The number of rotatable bonds is 22. The molecule has 0 fully saturated rings. The summed E-state index contributed by atoms with van der Waals surface area (Å²) in [6.45, 7) is 5.90. The highest BCUT2D eigenvalue weighted by molar-refractivity contribution is 7.80. The number of para-hydroxylation sites is 1. The summed E-state index contributed by atoms with van der Waals surface area (Å²) in [6.07, 6.45) is 23.4. The second-order valence-electron chi connectivity index (χ2n) is 9.71. The first-order chi connectivity index (χ1) is 17.2. The van der Waals surface area contributed by atoms with E-state index in [1.807, 2.05) is 18.2 Å². The van der Waals surface area contributed by atoms with Crippen LogP contribution in [0.25, 0.3) is 0 Å². The number of carbonyl (C=O) groups is 1. The van der Waals surface area contributed by atoms with Crippen LogP contribution >= 0.6 is 12.2 Å². The predicted octanol–water partition coefficient (Wildman–Crippen LogP) is 8.73. The third kappa shape index (κ3) is 17.5. The summed E-state index contributed by atoms with van der Waals surface area (Å²) >= 11 is 5.32. The minimum atomic E-state index is -0.215. The maximum absolute atomic E-state index is 12.7. The van der Waals surface area contributed by atoms with E-state index in [0.717, 1.165) is 25.8 Å². The van der Waals surface area contributed by atoms with Crippen molar-refractivity contribution in [3.63, 3.8) is 0 Å². The molecule has 2 N–H and O–H groups in total. The highest BCUT2D eigenvalue weighted by Gasteiger charge is 2.13. The van der Waals surface area contributed by atoms with E-state index in [0.29, 0.717) is 23.0 Å². The van der Waals surface area contributed by atoms with Gasteiger partial charge in [0, 0.05) is 6.54 Å². The SMILES string of the molecule is CCCCCCCCCCCCCCCCNC(=S)NC(=O)c1ccccc1OCCCCCC. The lowest BCUT2D eigenvalue weighted by Crippen LogP contribution is -2.39. The van der Waals surface area contributed by atoms with Crippen molar-refractivity contribution in [2.24, 2.45) is 0 Å². The molecule has 4 nitrogen and oxygen atoms in total. The number of unbranched alkanes of at least 4 members (excludes halogenated alkanes) is 16. The molecule has 1 amide bonds. The van der Waals surface area contributed by atoms with Crippen LogP contribution in [0.1, 0.15) is 140 Å². The van der Waals surface area contributed by atoms with Crippen LogP contribution in [0.15, 0.2) is 24.3 Å². The van der Waals surface area contributed by atoms with E-state index in [-0.39, 0.29) is 5.91 Å². The lowest BCUT2D eigenvalue weighted by atomic mass is 10.0. The van der Waals surface area contributed by atoms with Crippen molar-refractivity contribution >= 4 is 23.2 Å². The smallest absolute Gasteiger partial charge is 0.261 e. The molecule has 0 heterocycles. The molecule has 0 spiro atoms. The largest absolute Gasteiger partial charge is 0.493 e. The van der Waals surface area contributed by atoms with Crippen LogP contribution in [0.4, 0.5) is 0 Å². The molecule has 1 aromatic rings. The van der Waals surface area contributed by atoms with Gasteiger partial charge in [0.2, 0.25) is 0 Å². The molecule has 0 aliphatic rings. The van der Waals surface area contributed by atoms with Gasteiger partial charge in [-0.1, -0.05) is 129 Å². The Bertz CT molecular complexity index is 666. The van der Waals surface area contributed by atoms with Gasteiger partial charge in [0.25, 0.3) is 5.91 Å². The fourth-order valence-electron chi connectivity index (χ4n) is 4.23. The van der Waals surface area contributed by atoms with Crippen molar-refractivity contribution in [3.8, 4) is 5.75 Å². The van der Waals surface area contributed by atoms with Crippen LogP contribution in [0, 0.1) is 0 Å². The molecule has 200 valence electrons. The van der Waals surface area contributed by atoms with E-state index in [2.05, 4.69) is 24.5 Å². The highest BCUT2D eigenvalue weighted by Crippen LogP contribution is 2.18. The summed E-state index contributed by atoms with van der Waals surface area (Å²) in [4.78, 5) is 12.7. The Kier molecular flexibility index (Phi) is 20.5. The summed E-state index contributed by atoms with van der Waals surface area (Å²) in [5, 5.41) is 6.36. The molecule has 35 heavy (non-hydrogen) atoms. The molecule has 0 aliphatic heterocycles. The number of hydrogen-bond acceptors (Lipinski definition) is 3. The normalized spacial score (nSPS) is 10.8. The van der Waals surface area contributed by atoms with E-state index < -0.39 is 0 Å². The molecule has 0 bridgehead atoms. The highest BCUT2D eigenvalue weighted by atomic mass is 32.1. The molecule has 0 saturated carbocycles. The Morgan fingerprint density at radius 3 is 1.77 bits per heavy atom. The molecule has 1 aromatic carbocycles. The Morgan fingerprint density at radius 2 is 1.20 bits per heavy atom. The second-order valence-corrected chi connectivity index (χ2v) is 10.1. The summed E-state index contributed by atoms with van der Waals surface area (Å²) in [7, 11) is 0. The van der Waals surface area contributed by atoms with Gasteiger partial charge in [0.15, 0.2) is 5.11 Å². The fourth-order valence-corrected chi connectivity index (χ4v) is 4.42. The molecule has 0 atom stereocenters. The van der Waals surface area contributed by atoms with Gasteiger partial charge in [-0.15, -0.1) is 0 Å². The zero-order chi connectivity index (χ0) is 25.4. The molecule has 5 heteroatoms. The number of carbonyl (C=O) groups excluding carboxylic acids is 1. The van der Waals surface area contributed by atoms with Crippen LogP contribution in [-0.2, 0) is 0 Å². The van der Waals surface area contributed by atoms with Gasteiger partial charge in [-0.25, -0.2) is 0 Å². The van der Waals surface area contributed by atoms with Crippen molar-refractivity contribution in [2.75, 3.05) is 13.2 Å². The number of thiocarbonyl (C=S) groups is 1. The number of amides is 1. The maximum atomic E-state index is 12.7. The minimum absolute atomic E-state index is 0.215. The summed E-state index contributed by atoms with van der Waals surface area (Å²) in [6, 6.07) is 7.38. The molecule has 0 radical (unpaired) electrons. The van der Waals surface area contributed by atoms with Crippen LogP contribution in [-0.4, -0.2) is 24.2 Å². The molecule has 1 rings (SSSR count). The van der Waals surface area contributed by atoms with Gasteiger partial charge in [-0.2, -0.15) is 0 Å². The number of benzene rings is 1. The standard InChI is InChI=1S/C30H52N2O2S/c1-3-5-7-9-10-11-12-13-14-15-16-17-18-21-25-31-30(35)32-29(33)27-23-19-20-24-28(27)34-26-22-8-6-4-2/h19-20,23-24H,3-18,21-22,25-26H2,1-2H3,(H2,31,32,33,35). The molecule has 0 unspecified atom stereocenters. The predicted molar refractivity (Wildman–Crippen MR) is 154 cm³/mol. The molecule has 0 saturated heterocycles. The quantitative estimate of drug-likeness (QED) is 0.122. The van der Waals surface area contributed by atoms with Gasteiger partial charge >= 0.3 is 0 Å². The third-order valence-corrected chi connectivity index (χ3v) is 6.68. The lowest BCUT2D eigenvalue weighted by Gasteiger charge is -2.13. The zero-order valence-corrected chi connectivity index (χ0v) is 23.5. The molecule has 0 aliphatic carbocycles. The van der Waals surface area contributed by atoms with Crippen molar-refractivity contribution < 1.29 is 9.53 Å². The van der Waals surface area contributed by atoms with Crippen LogP contribution in [0.2, 0.25) is 0 Å². The first-order valence-electron chi connectivity index (χ1n) is 14.5. The Hall–Kier alpha value is -1.62. The van der Waals surface area contributed by atoms with Crippen molar-refractivity contribution in [2.45, 2.75) is 129 Å². The Morgan fingerprint density at radius 1 is 0.714 bits per heavy atom. The zero-order valence-electron chi connectivity index (χ0n) is 22.7. The van der Waals surface area contributed by atoms with Gasteiger partial charge < -0.3 is 10.1 Å². The van der Waals surface area contributed by atoms with Crippen LogP contribution in [0.3, 0.4) is 0 Å². The Labute approximate surface area is 221 Å². The van der Waals surface area contributed by atoms with Gasteiger partial charge in [0.05, 0.1) is 12.2 Å². The fraction of sp³-hybridized carbons (Fsp3) is 0.733. The molecule has 0 aromatic heterocycles. The van der Waals surface area contributed by atoms with E-state index >= 15 is 0 Å². The Balaban J connectivity index is 2.04. The summed E-state index contributed by atoms with van der Waals surface area (Å²) in [5.41, 5.74) is 0.531. The molecular formula is C30H52N2O2S. The maximum Gasteiger partial charge on any atom is 0.261 e. The summed E-state index contributed by atoms with van der Waals surface area (Å²) < 4.78 is 5.85. The number of hydrogen-bond donors (Lipinski definition) is 2. The number of nitrogens with one attached hydrogen (secondary N) is 2. The van der Waals surface area contributed by atoms with Gasteiger partial charge in [0.1, 0.15) is 5.75 Å². The van der Waals surface area contributed by atoms with Crippen LogP contribution in [0.5, 0.6) is 5.75 Å². The summed E-state index contributed by atoms with van der Waals surface area (Å²) in [5.74, 6) is 0.406. The van der Waals surface area contributed by atoms with E-state index in [9.17, 15) is 4.79 Å². The average Bonchev–Trinajstić information content (AvgIpc) is 2.86. The van der Waals surface area contributed by atoms with Crippen molar-refractivity contribution in [3.05, 3.63) is 29.8 Å². The van der Waals surface area contributed by atoms with Gasteiger partial charge in [-0.3, -0.25) is 10.1 Å².